The van der Waals surface area contributed by atoms with Crippen molar-refractivity contribution in [2.45, 2.75) is 24.8 Å². The van der Waals surface area contributed by atoms with Gasteiger partial charge in [-0.15, -0.1) is 0 Å². The maximum atomic E-state index is 12.8. The van der Waals surface area contributed by atoms with Crippen molar-refractivity contribution in [1.29, 1.82) is 0 Å². The van der Waals surface area contributed by atoms with Crippen molar-refractivity contribution >= 4 is 10.0 Å². The van der Waals surface area contributed by atoms with E-state index in [1.54, 1.807) is 13.2 Å². The Kier molecular flexibility index (Phi) is 5.15. The fraction of sp³-hybridized carbons (Fsp3) is 0.571. The van der Waals surface area contributed by atoms with E-state index in [1.807, 2.05) is 19.1 Å². The zero-order chi connectivity index (χ0) is 14.6. The number of benzene rings is 1. The monoisotopic (exact) mass is 298 g/mol. The number of nitrogens with zero attached hydrogens (tertiary/aromatic N) is 1. The third-order valence-corrected chi connectivity index (χ3v) is 5.67. The minimum Gasteiger partial charge on any atom is -0.383 e. The van der Waals surface area contributed by atoms with E-state index in [4.69, 9.17) is 4.74 Å². The highest BCUT2D eigenvalue weighted by Gasteiger charge is 2.27. The van der Waals surface area contributed by atoms with Crippen molar-refractivity contribution in [2.75, 3.05) is 33.4 Å². The summed E-state index contributed by atoms with van der Waals surface area (Å²) in [6.45, 7) is 4.66. The molecule has 6 heteroatoms. The predicted molar refractivity (Wildman–Crippen MR) is 78.2 cm³/mol. The molecule has 5 nitrogen and oxygen atoms in total. The summed E-state index contributed by atoms with van der Waals surface area (Å²) >= 11 is 0. The number of methoxy groups -OCH3 is 1. The number of hydrogen-bond donors (Lipinski definition) is 1. The molecule has 1 N–H and O–H groups in total. The van der Waals surface area contributed by atoms with Crippen molar-refractivity contribution in [3.8, 4) is 0 Å². The van der Waals surface area contributed by atoms with Gasteiger partial charge < -0.3 is 10.1 Å². The molecule has 0 fully saturated rings. The summed E-state index contributed by atoms with van der Waals surface area (Å²) in [5, 5.41) is 3.27. The molecule has 0 spiro atoms. The molecule has 1 aromatic carbocycles. The smallest absolute Gasteiger partial charge is 0.243 e. The Morgan fingerprint density at radius 2 is 2.20 bits per heavy atom. The number of nitrogens with one attached hydrogen (secondary N) is 1. The number of likely N-dealkylation sites (N-methyl/N-ethyl adjacent to an activating group) is 1. The highest BCUT2D eigenvalue weighted by Crippen LogP contribution is 2.25. The third kappa shape index (κ3) is 3.03. The summed E-state index contributed by atoms with van der Waals surface area (Å²) in [7, 11) is -1.86. The molecule has 0 aliphatic carbocycles. The molecule has 0 aromatic heterocycles. The van der Waals surface area contributed by atoms with Crippen molar-refractivity contribution in [3.05, 3.63) is 29.3 Å². The number of fused-ring (bicyclic) bond motifs is 1. The first-order valence-electron chi connectivity index (χ1n) is 6.91. The maximum absolute atomic E-state index is 12.8. The molecule has 2 rings (SSSR count). The number of sulfonamides is 1. The number of rotatable bonds is 6. The van der Waals surface area contributed by atoms with Crippen molar-refractivity contribution in [1.82, 2.24) is 9.62 Å². The highest BCUT2D eigenvalue weighted by atomic mass is 32.2. The lowest BCUT2D eigenvalue weighted by molar-refractivity contribution is 0.180. The van der Waals surface area contributed by atoms with Crippen LogP contribution in [0.4, 0.5) is 0 Å². The van der Waals surface area contributed by atoms with Crippen LogP contribution in [-0.4, -0.2) is 46.1 Å². The Balaban J connectivity index is 2.38. The van der Waals surface area contributed by atoms with Crippen molar-refractivity contribution in [3.63, 3.8) is 0 Å². The summed E-state index contributed by atoms with van der Waals surface area (Å²) in [6.07, 6.45) is 0.757. The lowest BCUT2D eigenvalue weighted by atomic mass is 10.0. The molecule has 1 heterocycles. The van der Waals surface area contributed by atoms with Crippen LogP contribution in [0.15, 0.2) is 23.1 Å². The van der Waals surface area contributed by atoms with E-state index in [-0.39, 0.29) is 0 Å². The molecule has 0 radical (unpaired) electrons. The molecule has 0 unspecified atom stereocenters. The van der Waals surface area contributed by atoms with Gasteiger partial charge in [-0.05, 0) is 30.2 Å². The largest absolute Gasteiger partial charge is 0.383 e. The summed E-state index contributed by atoms with van der Waals surface area (Å²) in [5.74, 6) is 0. The molecule has 0 bridgehead atoms. The first-order valence-corrected chi connectivity index (χ1v) is 8.35. The van der Waals surface area contributed by atoms with Gasteiger partial charge in [0.25, 0.3) is 0 Å². The lowest BCUT2D eigenvalue weighted by Gasteiger charge is -2.25. The molecule has 1 aliphatic heterocycles. The Labute approximate surface area is 121 Å². The summed E-state index contributed by atoms with van der Waals surface area (Å²) in [5.41, 5.74) is 2.04. The maximum Gasteiger partial charge on any atom is 0.243 e. The van der Waals surface area contributed by atoms with Crippen LogP contribution in [0.1, 0.15) is 18.1 Å². The molecule has 0 atom stereocenters. The Morgan fingerprint density at radius 1 is 1.40 bits per heavy atom. The Morgan fingerprint density at radius 3 is 2.90 bits per heavy atom. The van der Waals surface area contributed by atoms with Crippen LogP contribution in [0, 0.1) is 0 Å². The molecule has 1 aromatic rings. The molecular weight excluding hydrogens is 276 g/mol. The molecule has 20 heavy (non-hydrogen) atoms. The topological polar surface area (TPSA) is 58.6 Å². The van der Waals surface area contributed by atoms with Crippen LogP contribution in [-0.2, 0) is 27.7 Å². The van der Waals surface area contributed by atoms with E-state index in [0.29, 0.717) is 24.6 Å². The quantitative estimate of drug-likeness (QED) is 0.851. The average Bonchev–Trinajstić information content (AvgIpc) is 2.47. The Hall–Kier alpha value is -0.950. The van der Waals surface area contributed by atoms with Crippen molar-refractivity contribution < 1.29 is 13.2 Å². The summed E-state index contributed by atoms with van der Waals surface area (Å²) < 4.78 is 32.1. The predicted octanol–water partition coefficient (Wildman–Crippen LogP) is 0.989. The first-order chi connectivity index (χ1) is 9.61. The van der Waals surface area contributed by atoms with Crippen LogP contribution in [0.2, 0.25) is 0 Å². The standard InChI is InChI=1S/C14H22N2O3S/c1-3-16(9-10-19-2)20(17,18)14-6-4-5-12-11-15-8-7-13(12)14/h4-6,15H,3,7-11H2,1-2H3. The minimum absolute atomic E-state index is 0.386. The Bertz CT molecular complexity index is 558. The van der Waals surface area contributed by atoms with Gasteiger partial charge in [0.05, 0.1) is 11.5 Å². The minimum atomic E-state index is -3.44. The third-order valence-electron chi connectivity index (χ3n) is 3.61. The zero-order valence-electron chi connectivity index (χ0n) is 12.1. The van der Waals surface area contributed by atoms with Gasteiger partial charge in [0.2, 0.25) is 10.0 Å². The van der Waals surface area contributed by atoms with E-state index >= 15 is 0 Å². The fourth-order valence-electron chi connectivity index (χ4n) is 2.52. The van der Waals surface area contributed by atoms with E-state index in [9.17, 15) is 8.42 Å². The van der Waals surface area contributed by atoms with E-state index in [0.717, 1.165) is 30.6 Å². The van der Waals surface area contributed by atoms with Gasteiger partial charge in [-0.2, -0.15) is 4.31 Å². The fourth-order valence-corrected chi connectivity index (χ4v) is 4.25. The number of ether oxygens (including phenoxy) is 1. The van der Waals surface area contributed by atoms with Crippen LogP contribution in [0.3, 0.4) is 0 Å². The van der Waals surface area contributed by atoms with Gasteiger partial charge in [-0.3, -0.25) is 0 Å². The first kappa shape index (κ1) is 15.4. The van der Waals surface area contributed by atoms with Gasteiger partial charge in [0, 0.05) is 26.7 Å². The molecule has 0 saturated heterocycles. The zero-order valence-corrected chi connectivity index (χ0v) is 12.9. The van der Waals surface area contributed by atoms with Crippen LogP contribution < -0.4 is 5.32 Å². The number of hydrogen-bond acceptors (Lipinski definition) is 4. The molecule has 1 aliphatic rings. The highest BCUT2D eigenvalue weighted by molar-refractivity contribution is 7.89. The normalized spacial score (nSPS) is 15.3. The van der Waals surface area contributed by atoms with Gasteiger partial charge in [-0.1, -0.05) is 19.1 Å². The van der Waals surface area contributed by atoms with Crippen LogP contribution >= 0.6 is 0 Å². The van der Waals surface area contributed by atoms with Crippen LogP contribution in [0.25, 0.3) is 0 Å². The molecule has 0 saturated carbocycles. The molecule has 0 amide bonds. The lowest BCUT2D eigenvalue weighted by Crippen LogP contribution is -2.35. The molecule has 112 valence electrons. The van der Waals surface area contributed by atoms with E-state index in [2.05, 4.69) is 5.32 Å². The van der Waals surface area contributed by atoms with Crippen molar-refractivity contribution in [2.24, 2.45) is 0 Å². The van der Waals surface area contributed by atoms with Gasteiger partial charge in [-0.25, -0.2) is 8.42 Å². The van der Waals surface area contributed by atoms with Gasteiger partial charge >= 0.3 is 0 Å². The average molecular weight is 298 g/mol. The second-order valence-corrected chi connectivity index (χ2v) is 6.72. The van der Waals surface area contributed by atoms with Gasteiger partial charge in [0.15, 0.2) is 0 Å². The summed E-state index contributed by atoms with van der Waals surface area (Å²) in [4.78, 5) is 0.453. The molecular formula is C14H22N2O3S. The van der Waals surface area contributed by atoms with Gasteiger partial charge in [0.1, 0.15) is 0 Å². The summed E-state index contributed by atoms with van der Waals surface area (Å²) in [6, 6.07) is 5.53. The van der Waals surface area contributed by atoms with E-state index in [1.165, 1.54) is 4.31 Å². The van der Waals surface area contributed by atoms with Crippen LogP contribution in [0.5, 0.6) is 0 Å². The van der Waals surface area contributed by atoms with E-state index < -0.39 is 10.0 Å². The second kappa shape index (κ2) is 6.67. The second-order valence-electron chi connectivity index (χ2n) is 4.81. The SMILES string of the molecule is CCN(CCOC)S(=O)(=O)c1cccc2c1CCNC2.